The zero-order chi connectivity index (χ0) is 19.8. The van der Waals surface area contributed by atoms with Gasteiger partial charge in [0, 0.05) is 41.9 Å². The third-order valence-electron chi connectivity index (χ3n) is 5.30. The number of anilines is 3. The molecule has 0 bridgehead atoms. The molecular formula is C21H21N7O. The first-order valence-corrected chi connectivity index (χ1v) is 9.49. The van der Waals surface area contributed by atoms with Crippen LogP contribution in [0.3, 0.4) is 0 Å². The third-order valence-corrected chi connectivity index (χ3v) is 5.30. The topological polar surface area (TPSA) is 105 Å². The van der Waals surface area contributed by atoms with Gasteiger partial charge in [-0.05, 0) is 23.8 Å². The summed E-state index contributed by atoms with van der Waals surface area (Å²) in [4.78, 5) is 10.9. The maximum atomic E-state index is 9.93. The summed E-state index contributed by atoms with van der Waals surface area (Å²) in [7, 11) is 0. The summed E-state index contributed by atoms with van der Waals surface area (Å²) in [5.74, 6) is 1.66. The van der Waals surface area contributed by atoms with Gasteiger partial charge >= 0.3 is 0 Å². The average molecular weight is 387 g/mol. The van der Waals surface area contributed by atoms with E-state index in [2.05, 4.69) is 31.3 Å². The van der Waals surface area contributed by atoms with Crippen LogP contribution < -0.4 is 16.0 Å². The molecule has 0 spiro atoms. The Morgan fingerprint density at radius 3 is 2.83 bits per heavy atom. The fraction of sp³-hybridized carbons (Fsp3) is 0.190. The molecule has 0 amide bonds. The molecule has 4 heterocycles. The Morgan fingerprint density at radius 2 is 1.97 bits per heavy atom. The largest absolute Gasteiger partial charge is 0.504 e. The minimum Gasteiger partial charge on any atom is -0.504 e. The van der Waals surface area contributed by atoms with E-state index in [1.807, 2.05) is 41.2 Å². The van der Waals surface area contributed by atoms with E-state index in [0.29, 0.717) is 18.9 Å². The Kier molecular flexibility index (Phi) is 4.16. The molecule has 1 aromatic carbocycles. The van der Waals surface area contributed by atoms with Crippen molar-refractivity contribution < 1.29 is 5.11 Å². The van der Waals surface area contributed by atoms with Crippen molar-refractivity contribution in [2.24, 2.45) is 0 Å². The molecule has 8 nitrogen and oxygen atoms in total. The summed E-state index contributed by atoms with van der Waals surface area (Å²) < 4.78 is 1.84. The van der Waals surface area contributed by atoms with Crippen LogP contribution in [0.15, 0.2) is 55.0 Å². The molecule has 0 saturated heterocycles. The summed E-state index contributed by atoms with van der Waals surface area (Å²) >= 11 is 0. The van der Waals surface area contributed by atoms with Crippen molar-refractivity contribution in [3.8, 4) is 5.75 Å². The minimum atomic E-state index is 0.237. The smallest absolute Gasteiger partial charge is 0.158 e. The number of hydrogen-bond donors (Lipinski definition) is 3. The zero-order valence-corrected chi connectivity index (χ0v) is 15.8. The Balaban J connectivity index is 1.30. The molecule has 146 valence electrons. The number of benzene rings is 1. The van der Waals surface area contributed by atoms with Crippen LogP contribution in [0.25, 0.3) is 10.8 Å². The summed E-state index contributed by atoms with van der Waals surface area (Å²) in [5.41, 5.74) is 8.90. The Labute approximate surface area is 167 Å². The van der Waals surface area contributed by atoms with Crippen LogP contribution in [0, 0.1) is 0 Å². The summed E-state index contributed by atoms with van der Waals surface area (Å²) in [6, 6.07) is 12.0. The molecule has 1 aliphatic heterocycles. The first-order valence-electron chi connectivity index (χ1n) is 9.49. The van der Waals surface area contributed by atoms with Crippen LogP contribution in [0.1, 0.15) is 11.3 Å². The molecule has 3 aromatic heterocycles. The molecule has 8 heteroatoms. The number of aromatic hydroxyl groups is 1. The lowest BCUT2D eigenvalue weighted by Gasteiger charge is -2.28. The molecule has 5 rings (SSSR count). The van der Waals surface area contributed by atoms with Gasteiger partial charge in [-0.3, -0.25) is 4.68 Å². The number of fused-ring (bicyclic) bond motifs is 2. The van der Waals surface area contributed by atoms with Crippen molar-refractivity contribution in [1.29, 1.82) is 0 Å². The molecule has 0 unspecified atom stereocenters. The second-order valence-electron chi connectivity index (χ2n) is 7.10. The van der Waals surface area contributed by atoms with Crippen LogP contribution in [-0.4, -0.2) is 31.4 Å². The maximum Gasteiger partial charge on any atom is 0.158 e. The van der Waals surface area contributed by atoms with Crippen LogP contribution in [0.4, 0.5) is 17.3 Å². The highest BCUT2D eigenvalue weighted by atomic mass is 16.3. The molecular weight excluding hydrogens is 366 g/mol. The highest BCUT2D eigenvalue weighted by Crippen LogP contribution is 2.27. The van der Waals surface area contributed by atoms with Crippen molar-refractivity contribution in [3.63, 3.8) is 0 Å². The van der Waals surface area contributed by atoms with E-state index in [4.69, 9.17) is 5.73 Å². The van der Waals surface area contributed by atoms with E-state index in [9.17, 15) is 5.11 Å². The molecule has 1 aliphatic rings. The highest BCUT2D eigenvalue weighted by molar-refractivity contribution is 5.99. The predicted octanol–water partition coefficient (Wildman–Crippen LogP) is 2.75. The molecule has 0 radical (unpaired) electrons. The van der Waals surface area contributed by atoms with E-state index >= 15 is 0 Å². The van der Waals surface area contributed by atoms with Gasteiger partial charge < -0.3 is 21.1 Å². The minimum absolute atomic E-state index is 0.237. The first kappa shape index (κ1) is 17.3. The number of pyridine rings is 2. The Hall–Kier alpha value is -3.81. The average Bonchev–Trinajstić information content (AvgIpc) is 3.13. The zero-order valence-electron chi connectivity index (χ0n) is 15.8. The number of hydrogen-bond acceptors (Lipinski definition) is 7. The standard InChI is InChI=1S/C21H21N7O/c22-21-16-2-1-3-17(15(16)6-7-23-21)24-10-14-4-5-20(25-11-14)27-8-9-28-18(13-27)19(29)12-26-28/h1-7,11-12,24,29H,8-10,13H2,(H2,22,23). The van der Waals surface area contributed by atoms with Crippen LogP contribution >= 0.6 is 0 Å². The monoisotopic (exact) mass is 387 g/mol. The van der Waals surface area contributed by atoms with Gasteiger partial charge in [0.1, 0.15) is 11.6 Å². The summed E-state index contributed by atoms with van der Waals surface area (Å²) in [6.07, 6.45) is 5.11. The van der Waals surface area contributed by atoms with Gasteiger partial charge in [-0.1, -0.05) is 18.2 Å². The molecule has 0 aliphatic carbocycles. The number of nitrogens with zero attached hydrogens (tertiary/aromatic N) is 5. The lowest BCUT2D eigenvalue weighted by atomic mass is 10.1. The van der Waals surface area contributed by atoms with Crippen molar-refractivity contribution in [2.45, 2.75) is 19.6 Å². The molecule has 4 aromatic rings. The van der Waals surface area contributed by atoms with Gasteiger partial charge in [-0.15, -0.1) is 0 Å². The lowest BCUT2D eigenvalue weighted by Crippen LogP contribution is -2.34. The summed E-state index contributed by atoms with van der Waals surface area (Å²) in [5, 5.41) is 19.6. The maximum absolute atomic E-state index is 9.93. The molecule has 0 saturated carbocycles. The van der Waals surface area contributed by atoms with Crippen LogP contribution in [0.5, 0.6) is 5.75 Å². The van der Waals surface area contributed by atoms with Gasteiger partial charge in [0.05, 0.1) is 25.0 Å². The van der Waals surface area contributed by atoms with Crippen molar-refractivity contribution >= 4 is 28.1 Å². The SMILES string of the molecule is Nc1nccc2c(NCc3ccc(N4CCn5ncc(O)c5C4)nc3)cccc12. The molecule has 29 heavy (non-hydrogen) atoms. The van der Waals surface area contributed by atoms with Gasteiger partial charge in [0.2, 0.25) is 0 Å². The number of nitrogen functional groups attached to an aromatic ring is 1. The van der Waals surface area contributed by atoms with Gasteiger partial charge in [-0.2, -0.15) is 5.10 Å². The van der Waals surface area contributed by atoms with Gasteiger partial charge in [0.25, 0.3) is 0 Å². The van der Waals surface area contributed by atoms with Crippen LogP contribution in [0.2, 0.25) is 0 Å². The number of rotatable bonds is 4. The molecule has 0 fully saturated rings. The molecule has 4 N–H and O–H groups in total. The molecule has 0 atom stereocenters. The van der Waals surface area contributed by atoms with E-state index in [1.165, 1.54) is 6.20 Å². The first-order chi connectivity index (χ1) is 14.2. The van der Waals surface area contributed by atoms with Crippen molar-refractivity contribution in [1.82, 2.24) is 19.7 Å². The quantitative estimate of drug-likeness (QED) is 0.494. The normalized spacial score (nSPS) is 13.4. The Morgan fingerprint density at radius 1 is 1.03 bits per heavy atom. The second kappa shape index (κ2) is 6.97. The lowest BCUT2D eigenvalue weighted by molar-refractivity contribution is 0.449. The van der Waals surface area contributed by atoms with Crippen LogP contribution in [-0.2, 0) is 19.6 Å². The highest BCUT2D eigenvalue weighted by Gasteiger charge is 2.21. The van der Waals surface area contributed by atoms with Gasteiger partial charge in [-0.25, -0.2) is 9.97 Å². The van der Waals surface area contributed by atoms with E-state index in [-0.39, 0.29) is 5.75 Å². The number of aromatic nitrogens is 4. The predicted molar refractivity (Wildman–Crippen MR) is 113 cm³/mol. The summed E-state index contributed by atoms with van der Waals surface area (Å²) in [6.45, 7) is 2.80. The second-order valence-corrected chi connectivity index (χ2v) is 7.10. The third kappa shape index (κ3) is 3.18. The van der Waals surface area contributed by atoms with Gasteiger partial charge in [0.15, 0.2) is 5.75 Å². The fourth-order valence-corrected chi connectivity index (χ4v) is 3.72. The van der Waals surface area contributed by atoms with Crippen molar-refractivity contribution in [2.75, 3.05) is 22.5 Å². The van der Waals surface area contributed by atoms with Crippen molar-refractivity contribution in [3.05, 3.63) is 66.2 Å². The van der Waals surface area contributed by atoms with E-state index < -0.39 is 0 Å². The Bertz CT molecular complexity index is 1170. The number of nitrogens with one attached hydrogen (secondary N) is 1. The fourth-order valence-electron chi connectivity index (χ4n) is 3.72. The van der Waals surface area contributed by atoms with E-state index in [1.54, 1.807) is 6.20 Å². The van der Waals surface area contributed by atoms with E-state index in [0.717, 1.165) is 46.6 Å². The number of nitrogens with two attached hydrogens (primary N) is 1.